The lowest BCUT2D eigenvalue weighted by Crippen LogP contribution is -1.85. The number of rotatable bonds is 2. The van der Waals surface area contributed by atoms with Gasteiger partial charge in [-0.2, -0.15) is 0 Å². The van der Waals surface area contributed by atoms with Crippen LogP contribution in [0.15, 0.2) is 30.5 Å². The number of aromatic nitrogens is 1. The maximum absolute atomic E-state index is 13.2. The summed E-state index contributed by atoms with van der Waals surface area (Å²) < 4.78 is 13.2. The highest BCUT2D eigenvalue weighted by Crippen LogP contribution is 2.21. The first kappa shape index (κ1) is 9.45. The number of carbonyl (C=O) groups is 1. The zero-order chi connectivity index (χ0) is 10.8. The van der Waals surface area contributed by atoms with Gasteiger partial charge in [0.15, 0.2) is 0 Å². The van der Waals surface area contributed by atoms with Gasteiger partial charge in [0.25, 0.3) is 0 Å². The average molecular weight is 205 g/mol. The lowest BCUT2D eigenvalue weighted by molar-refractivity contribution is -0.131. The molecular formula is C11H8FNO2. The normalized spacial score (nSPS) is 11.3. The van der Waals surface area contributed by atoms with Gasteiger partial charge in [-0.15, -0.1) is 0 Å². The summed E-state index contributed by atoms with van der Waals surface area (Å²) in [4.78, 5) is 13.1. The van der Waals surface area contributed by atoms with Crippen molar-refractivity contribution in [3.8, 4) is 0 Å². The van der Waals surface area contributed by atoms with Crippen molar-refractivity contribution in [3.63, 3.8) is 0 Å². The Morgan fingerprint density at radius 1 is 1.47 bits per heavy atom. The number of hydrogen-bond donors (Lipinski definition) is 2. The van der Waals surface area contributed by atoms with Gasteiger partial charge in [-0.1, -0.05) is 12.1 Å². The summed E-state index contributed by atoms with van der Waals surface area (Å²) in [7, 11) is 0. The van der Waals surface area contributed by atoms with Crippen molar-refractivity contribution in [2.75, 3.05) is 0 Å². The molecule has 0 aliphatic heterocycles. The second kappa shape index (κ2) is 3.57. The zero-order valence-corrected chi connectivity index (χ0v) is 7.70. The molecule has 0 unspecified atom stereocenters. The third kappa shape index (κ3) is 1.74. The molecule has 4 heteroatoms. The summed E-state index contributed by atoms with van der Waals surface area (Å²) in [5, 5.41) is 9.14. The fraction of sp³-hybridized carbons (Fsp3) is 0. The minimum Gasteiger partial charge on any atom is -0.478 e. The van der Waals surface area contributed by atoms with E-state index in [2.05, 4.69) is 4.98 Å². The Bertz CT molecular complexity index is 543. The summed E-state index contributed by atoms with van der Waals surface area (Å²) >= 11 is 0. The molecule has 0 spiro atoms. The third-order valence-corrected chi connectivity index (χ3v) is 2.10. The van der Waals surface area contributed by atoms with Crippen molar-refractivity contribution in [3.05, 3.63) is 41.9 Å². The number of fused-ring (bicyclic) bond motifs is 1. The van der Waals surface area contributed by atoms with E-state index in [1.54, 1.807) is 18.3 Å². The minimum absolute atomic E-state index is 0.345. The van der Waals surface area contributed by atoms with Crippen molar-refractivity contribution >= 4 is 22.9 Å². The van der Waals surface area contributed by atoms with Gasteiger partial charge in [0, 0.05) is 23.2 Å². The maximum Gasteiger partial charge on any atom is 0.328 e. The standard InChI is InChI=1S/C11H8FNO2/c12-9-3-1-2-8-7(4-5-10(14)15)6-13-11(8)9/h1-6,13H,(H,14,15). The summed E-state index contributed by atoms with van der Waals surface area (Å²) in [6.07, 6.45) is 4.03. The number of carboxylic acid groups (broad SMARTS) is 1. The highest BCUT2D eigenvalue weighted by Gasteiger charge is 2.04. The highest BCUT2D eigenvalue weighted by atomic mass is 19.1. The van der Waals surface area contributed by atoms with Gasteiger partial charge in [-0.25, -0.2) is 9.18 Å². The quantitative estimate of drug-likeness (QED) is 0.739. The molecule has 2 aromatic rings. The molecular weight excluding hydrogens is 197 g/mol. The molecule has 0 radical (unpaired) electrons. The molecule has 0 aliphatic rings. The van der Waals surface area contributed by atoms with Crippen molar-refractivity contribution in [1.82, 2.24) is 4.98 Å². The van der Waals surface area contributed by atoms with Gasteiger partial charge in [0.1, 0.15) is 5.82 Å². The summed E-state index contributed by atoms with van der Waals surface area (Å²) in [5.74, 6) is -1.37. The third-order valence-electron chi connectivity index (χ3n) is 2.10. The molecule has 1 aromatic carbocycles. The fourth-order valence-corrected chi connectivity index (χ4v) is 1.44. The Morgan fingerprint density at radius 3 is 3.00 bits per heavy atom. The van der Waals surface area contributed by atoms with Gasteiger partial charge in [-0.3, -0.25) is 0 Å². The van der Waals surface area contributed by atoms with Crippen LogP contribution in [-0.4, -0.2) is 16.1 Å². The van der Waals surface area contributed by atoms with Crippen LogP contribution in [0.2, 0.25) is 0 Å². The molecule has 1 heterocycles. The van der Waals surface area contributed by atoms with Crippen LogP contribution in [-0.2, 0) is 4.79 Å². The summed E-state index contributed by atoms with van der Waals surface area (Å²) in [6.45, 7) is 0. The van der Waals surface area contributed by atoms with E-state index in [1.165, 1.54) is 12.1 Å². The second-order valence-electron chi connectivity index (χ2n) is 3.08. The molecule has 0 fully saturated rings. The number of benzene rings is 1. The first-order valence-corrected chi connectivity index (χ1v) is 4.35. The van der Waals surface area contributed by atoms with Crippen LogP contribution in [0.25, 0.3) is 17.0 Å². The largest absolute Gasteiger partial charge is 0.478 e. The summed E-state index contributed by atoms with van der Waals surface area (Å²) in [5.41, 5.74) is 1.05. The van der Waals surface area contributed by atoms with Crippen LogP contribution in [0.3, 0.4) is 0 Å². The number of para-hydroxylation sites is 1. The number of hydrogen-bond acceptors (Lipinski definition) is 1. The number of aliphatic carboxylic acids is 1. The van der Waals surface area contributed by atoms with Crippen molar-refractivity contribution in [2.45, 2.75) is 0 Å². The predicted molar refractivity (Wildman–Crippen MR) is 54.9 cm³/mol. The van der Waals surface area contributed by atoms with Crippen LogP contribution < -0.4 is 0 Å². The monoisotopic (exact) mass is 205 g/mol. The average Bonchev–Trinajstić information content (AvgIpc) is 2.59. The first-order chi connectivity index (χ1) is 7.18. The van der Waals surface area contributed by atoms with E-state index >= 15 is 0 Å². The Kier molecular flexibility index (Phi) is 2.25. The molecule has 0 saturated heterocycles. The van der Waals surface area contributed by atoms with Crippen LogP contribution in [0.1, 0.15) is 5.56 Å². The molecule has 0 atom stereocenters. The zero-order valence-electron chi connectivity index (χ0n) is 7.70. The molecule has 1 aromatic heterocycles. The number of carboxylic acids is 1. The van der Waals surface area contributed by atoms with E-state index in [-0.39, 0.29) is 5.82 Å². The molecule has 0 bridgehead atoms. The molecule has 76 valence electrons. The Morgan fingerprint density at radius 2 is 2.27 bits per heavy atom. The smallest absolute Gasteiger partial charge is 0.328 e. The second-order valence-corrected chi connectivity index (χ2v) is 3.08. The van der Waals surface area contributed by atoms with Crippen LogP contribution >= 0.6 is 0 Å². The van der Waals surface area contributed by atoms with Crippen molar-refractivity contribution < 1.29 is 14.3 Å². The van der Waals surface area contributed by atoms with E-state index < -0.39 is 5.97 Å². The van der Waals surface area contributed by atoms with Gasteiger partial charge >= 0.3 is 5.97 Å². The Hall–Kier alpha value is -2.10. The van der Waals surface area contributed by atoms with Gasteiger partial charge < -0.3 is 10.1 Å². The fourth-order valence-electron chi connectivity index (χ4n) is 1.44. The van der Waals surface area contributed by atoms with E-state index in [1.807, 2.05) is 0 Å². The van der Waals surface area contributed by atoms with Crippen LogP contribution in [0.4, 0.5) is 4.39 Å². The first-order valence-electron chi connectivity index (χ1n) is 4.35. The number of H-pyrrole nitrogens is 1. The van der Waals surface area contributed by atoms with E-state index in [0.29, 0.717) is 16.5 Å². The molecule has 0 aliphatic carbocycles. The topological polar surface area (TPSA) is 53.1 Å². The lowest BCUT2D eigenvalue weighted by Gasteiger charge is -1.92. The molecule has 3 nitrogen and oxygen atoms in total. The number of nitrogens with one attached hydrogen (secondary N) is 1. The van der Waals surface area contributed by atoms with E-state index in [4.69, 9.17) is 5.11 Å². The van der Waals surface area contributed by atoms with Crippen molar-refractivity contribution in [1.29, 1.82) is 0 Å². The Balaban J connectivity index is 2.54. The summed E-state index contributed by atoms with van der Waals surface area (Å²) in [6, 6.07) is 4.67. The molecule has 2 rings (SSSR count). The predicted octanol–water partition coefficient (Wildman–Crippen LogP) is 2.40. The van der Waals surface area contributed by atoms with Gasteiger partial charge in [0.2, 0.25) is 0 Å². The maximum atomic E-state index is 13.2. The number of halogens is 1. The van der Waals surface area contributed by atoms with E-state index in [0.717, 1.165) is 6.08 Å². The van der Waals surface area contributed by atoms with Crippen LogP contribution in [0, 0.1) is 5.82 Å². The van der Waals surface area contributed by atoms with Gasteiger partial charge in [0.05, 0.1) is 5.52 Å². The minimum atomic E-state index is -1.03. The SMILES string of the molecule is O=C(O)C=Cc1c[nH]c2c(F)cccc12. The molecule has 0 amide bonds. The molecule has 2 N–H and O–H groups in total. The molecule has 15 heavy (non-hydrogen) atoms. The van der Waals surface area contributed by atoms with Crippen molar-refractivity contribution in [2.24, 2.45) is 0 Å². The van der Waals surface area contributed by atoms with E-state index in [9.17, 15) is 9.18 Å². The van der Waals surface area contributed by atoms with Gasteiger partial charge in [-0.05, 0) is 12.1 Å². The Labute approximate surface area is 84.8 Å². The van der Waals surface area contributed by atoms with Crippen LogP contribution in [0.5, 0.6) is 0 Å². The highest BCUT2D eigenvalue weighted by molar-refractivity contribution is 5.93. The lowest BCUT2D eigenvalue weighted by atomic mass is 10.1. The molecule has 0 saturated carbocycles. The number of aromatic amines is 1.